The molecule has 0 saturated carbocycles. The minimum absolute atomic E-state index is 0.185. The van der Waals surface area contributed by atoms with Gasteiger partial charge in [-0.25, -0.2) is 4.99 Å². The van der Waals surface area contributed by atoms with E-state index >= 15 is 0 Å². The Morgan fingerprint density at radius 3 is 1.31 bits per heavy atom. The highest BCUT2D eigenvalue weighted by atomic mass is 19.1. The number of hydrogen-bond donors (Lipinski definition) is 1. The molecule has 6 aliphatic rings. The number of aliphatic imine (C=N–C) groups is 1. The fourth-order valence-corrected chi connectivity index (χ4v) is 19.6. The Morgan fingerprint density at radius 1 is 0.408 bits per heavy atom. The van der Waals surface area contributed by atoms with E-state index in [0.717, 1.165) is 195 Å². The molecule has 1 amide bonds. The number of carbonyl (C=O) groups is 1. The molecule has 0 unspecified atom stereocenters. The van der Waals surface area contributed by atoms with Crippen molar-refractivity contribution in [1.82, 2.24) is 42.7 Å². The number of amides is 1. The number of likely N-dealkylation sites (N-methyl/N-ethyl adjacent to an activating group) is 1. The van der Waals surface area contributed by atoms with Crippen LogP contribution in [0.1, 0.15) is 113 Å². The first-order valence-electron chi connectivity index (χ1n) is 44.0. The molecule has 17 heteroatoms. The fourth-order valence-electron chi connectivity index (χ4n) is 19.6. The second kappa shape index (κ2) is 33.9. The standard InChI is InChI=1S/C19H19NO.C19H17NO.C18H17N3.C18H18N2O.C17H15FN2O.C17H16N2O/c2*1-3-11-20-16-7-5-4-6-15(16)18-17(20)9-8-14-13(2)10-12-21-19(14)18;1-3-10-21-15-7-5-4-6-14(15)17-16(21)9-8-13-12(2)19-11-20-18(13)17;1-3-10-20-14-7-5-4-6-13(14)17-15(20)9-8-12-11-16(21)19(2)18(12)17;1-11-10-21-17-12(11)5-6-13-15(17)16-14(4-2-8-19-16)20(13)9-3-7-18;1-3-9-19-13-7-6-12-11(2)10-20-17(12)15(13)16-14(19)5-4-8-18-16/h4-9H,2-3,10-12H2,1H3;4-10,12H,2-3,11H2,1H3;4-9,11H,2-3,10H2,1H3,(H,19,20);4-9H,3,10-11H2,1-2H3;2,4-6,8H,1,3,7,9-10H2;4-8H,2-3,9-10H2,1H3. The quantitative estimate of drug-likeness (QED) is 0.120. The number of nitrogens with zero attached hydrogens (tertiary/aromatic N) is 10. The summed E-state index contributed by atoms with van der Waals surface area (Å²) in [7, 11) is 1.89. The molecule has 6 aliphatic heterocycles. The van der Waals surface area contributed by atoms with Gasteiger partial charge in [-0.05, 0) is 188 Å². The molecular formula is C108H102FN11O5. The van der Waals surface area contributed by atoms with E-state index in [2.05, 4.69) is 285 Å². The number of alkyl halides is 1. The Morgan fingerprint density at radius 2 is 0.808 bits per heavy atom. The van der Waals surface area contributed by atoms with E-state index in [4.69, 9.17) is 18.9 Å². The van der Waals surface area contributed by atoms with Crippen LogP contribution in [0.5, 0.6) is 23.0 Å². The molecule has 125 heavy (non-hydrogen) atoms. The Kier molecular flexibility index (Phi) is 21.8. The van der Waals surface area contributed by atoms with Crippen LogP contribution in [0.4, 0.5) is 15.8 Å². The van der Waals surface area contributed by atoms with Gasteiger partial charge in [0.25, 0.3) is 0 Å². The minimum atomic E-state index is -0.320. The monoisotopic (exact) mass is 1650 g/mol. The summed E-state index contributed by atoms with van der Waals surface area (Å²) in [5.74, 6) is 3.96. The molecule has 16 nitrogen and oxygen atoms in total. The molecule has 24 rings (SSSR count). The van der Waals surface area contributed by atoms with E-state index < -0.39 is 0 Å². The average Bonchev–Trinajstić information content (AvgIpc) is 1.47. The van der Waals surface area contributed by atoms with Crippen molar-refractivity contribution in [2.75, 3.05) is 38.4 Å². The minimum Gasteiger partial charge on any atom is -0.492 e. The molecule has 1 N–H and O–H groups in total. The van der Waals surface area contributed by atoms with E-state index in [0.29, 0.717) is 32.6 Å². The number of aromatic nitrogens is 8. The van der Waals surface area contributed by atoms with Crippen LogP contribution in [-0.4, -0.2) is 83.2 Å². The van der Waals surface area contributed by atoms with Gasteiger partial charge in [-0.1, -0.05) is 146 Å². The molecule has 0 fully saturated rings. The molecule has 0 radical (unpaired) electrons. The van der Waals surface area contributed by atoms with Gasteiger partial charge >= 0.3 is 0 Å². The van der Waals surface area contributed by atoms with Gasteiger partial charge in [0.15, 0.2) is 0 Å². The van der Waals surface area contributed by atoms with Gasteiger partial charge < -0.3 is 56.6 Å². The van der Waals surface area contributed by atoms with Crippen LogP contribution < -0.4 is 29.2 Å². The summed E-state index contributed by atoms with van der Waals surface area (Å²) in [5.41, 5.74) is 30.4. The topological polar surface area (TPSA) is 137 Å². The average molecular weight is 1650 g/mol. The molecule has 8 aromatic heterocycles. The fraction of sp³-hybridized carbons (Fsp3) is 0.222. The van der Waals surface area contributed by atoms with E-state index in [1.165, 1.54) is 109 Å². The van der Waals surface area contributed by atoms with E-state index in [1.54, 1.807) is 18.8 Å². The number of benzene rings is 10. The molecular weight excluding hydrogens is 1550 g/mol. The number of aryl methyl sites for hydroxylation is 6. The van der Waals surface area contributed by atoms with Gasteiger partial charge in [0, 0.05) is 153 Å². The van der Waals surface area contributed by atoms with Crippen molar-refractivity contribution < 1.29 is 28.1 Å². The van der Waals surface area contributed by atoms with Crippen molar-refractivity contribution in [3.05, 3.63) is 285 Å². The first-order chi connectivity index (χ1) is 61.3. The Balaban J connectivity index is 0.0000000982. The number of ether oxygens (including phenoxy) is 4. The summed E-state index contributed by atoms with van der Waals surface area (Å²) in [6, 6.07) is 68.0. The highest BCUT2D eigenvalue weighted by Gasteiger charge is 2.31. The zero-order valence-electron chi connectivity index (χ0n) is 72.0. The number of hydrogen-bond acceptors (Lipinski definition) is 9. The van der Waals surface area contributed by atoms with Gasteiger partial charge in [0.05, 0.1) is 120 Å². The maximum atomic E-state index is 12.6. The van der Waals surface area contributed by atoms with Crippen LogP contribution >= 0.6 is 0 Å². The lowest BCUT2D eigenvalue weighted by molar-refractivity contribution is -0.117. The third-order valence-corrected chi connectivity index (χ3v) is 25.1. The third-order valence-electron chi connectivity index (χ3n) is 25.1. The highest BCUT2D eigenvalue weighted by Crippen LogP contribution is 2.49. The van der Waals surface area contributed by atoms with Gasteiger partial charge in [0.2, 0.25) is 5.91 Å². The molecule has 626 valence electrons. The Labute approximate surface area is 726 Å². The second-order valence-electron chi connectivity index (χ2n) is 32.9. The number of pyridine rings is 2. The molecule has 10 aromatic carbocycles. The zero-order chi connectivity index (χ0) is 85.8. The Bertz CT molecular complexity index is 7530. The number of carbonyl (C=O) groups excluding carboxylic acids is 1. The van der Waals surface area contributed by atoms with Crippen LogP contribution in [0.3, 0.4) is 0 Å². The predicted molar refractivity (Wildman–Crippen MR) is 519 cm³/mol. The SMILES string of the molecule is C=C1C=COc2c1ccc1c2c2ccccc2n1CCC.C=C1CCOc2c1ccc1c2c2ccccc2n1CCC.C=C1COc2c1ccc1c2c2ncccc2n1CCC.C=C1COc2c1ccc1c2c2ncccc2n1CCCF.C=C1NC=Nc2c1ccc1c2c2ccccc2n1CCC.CCCn1c2ccccc2c2c3c(ccc21)CC(=O)N3C. The summed E-state index contributed by atoms with van der Waals surface area (Å²) in [6.45, 7) is 38.8. The van der Waals surface area contributed by atoms with Crippen molar-refractivity contribution in [2.45, 2.75) is 125 Å². The number of allylic oxidation sites excluding steroid dienone is 2. The lowest BCUT2D eigenvalue weighted by Crippen LogP contribution is -2.20. The van der Waals surface area contributed by atoms with Crippen molar-refractivity contribution in [3.8, 4) is 23.0 Å². The first-order valence-corrected chi connectivity index (χ1v) is 44.0. The van der Waals surface area contributed by atoms with Crippen LogP contribution in [0.2, 0.25) is 0 Å². The highest BCUT2D eigenvalue weighted by molar-refractivity contribution is 6.22. The smallest absolute Gasteiger partial charge is 0.231 e. The van der Waals surface area contributed by atoms with Gasteiger partial charge in [-0.3, -0.25) is 19.2 Å². The van der Waals surface area contributed by atoms with Crippen LogP contribution in [0.15, 0.2) is 257 Å². The van der Waals surface area contributed by atoms with Gasteiger partial charge in [-0.2, -0.15) is 0 Å². The summed E-state index contributed by atoms with van der Waals surface area (Å²) in [4.78, 5) is 27.6. The largest absolute Gasteiger partial charge is 0.492 e. The van der Waals surface area contributed by atoms with Crippen LogP contribution in [0.25, 0.3) is 159 Å². The maximum absolute atomic E-state index is 12.6. The lowest BCUT2D eigenvalue weighted by Gasteiger charge is -2.20. The summed E-state index contributed by atoms with van der Waals surface area (Å²) >= 11 is 0. The van der Waals surface area contributed by atoms with Crippen molar-refractivity contribution >= 4 is 183 Å². The molecule has 0 spiro atoms. The molecule has 0 bridgehead atoms. The second-order valence-corrected chi connectivity index (χ2v) is 32.9. The molecule has 14 heterocycles. The third kappa shape index (κ3) is 13.7. The number of fused-ring (bicyclic) bond motifs is 30. The summed E-state index contributed by atoms with van der Waals surface area (Å²) in [5, 5.41) is 15.2. The van der Waals surface area contributed by atoms with Gasteiger partial charge in [0.1, 0.15) is 36.2 Å². The molecule has 0 atom stereocenters. The van der Waals surface area contributed by atoms with Crippen LogP contribution in [-0.2, 0) is 50.5 Å². The van der Waals surface area contributed by atoms with Crippen molar-refractivity contribution in [2.24, 2.45) is 4.99 Å². The predicted octanol–water partition coefficient (Wildman–Crippen LogP) is 26.2. The number of nitrogens with one attached hydrogen (secondary N) is 1. The normalized spacial score (nSPS) is 14.0. The van der Waals surface area contributed by atoms with E-state index in [9.17, 15) is 9.18 Å². The van der Waals surface area contributed by atoms with Crippen molar-refractivity contribution in [1.29, 1.82) is 0 Å². The van der Waals surface area contributed by atoms with Gasteiger partial charge in [-0.15, -0.1) is 0 Å². The number of para-hydroxylation sites is 4. The maximum Gasteiger partial charge on any atom is 0.231 e. The van der Waals surface area contributed by atoms with Crippen molar-refractivity contribution in [3.63, 3.8) is 0 Å². The molecule has 0 saturated heterocycles. The summed E-state index contributed by atoms with van der Waals surface area (Å²) < 4.78 is 50.2. The van der Waals surface area contributed by atoms with Crippen LogP contribution in [0, 0.1) is 0 Å². The number of halogens is 1. The molecule has 0 aliphatic carbocycles. The first kappa shape index (κ1) is 80.5. The Hall–Kier alpha value is -14.2. The summed E-state index contributed by atoms with van der Waals surface area (Å²) in [6.07, 6.45) is 16.5. The van der Waals surface area contributed by atoms with E-state index in [1.807, 2.05) is 48.5 Å². The number of rotatable bonds is 13. The lowest BCUT2D eigenvalue weighted by atomic mass is 9.98. The van der Waals surface area contributed by atoms with E-state index in [-0.39, 0.29) is 12.6 Å². The zero-order valence-corrected chi connectivity index (χ0v) is 72.0. The molecule has 18 aromatic rings. The number of anilines is 1.